The zero-order valence-corrected chi connectivity index (χ0v) is 19.7. The molecule has 33 heavy (non-hydrogen) atoms. The van der Waals surface area contributed by atoms with E-state index in [-0.39, 0.29) is 11.5 Å². The quantitative estimate of drug-likeness (QED) is 0.426. The van der Waals surface area contributed by atoms with Crippen LogP contribution in [0.25, 0.3) is 11.1 Å². The maximum Gasteiger partial charge on any atom is 0.335 e. The minimum atomic E-state index is -0.957. The fourth-order valence-electron chi connectivity index (χ4n) is 4.50. The van der Waals surface area contributed by atoms with E-state index in [9.17, 15) is 14.7 Å². The molecule has 0 bridgehead atoms. The SMILES string of the molecule is CCc1[nH]c2c(c1-c1ccc(C(=O)O)cc1)CN(C(=O)C(CCN)c1ccc(Cl)c(Cl)c1)C2. The van der Waals surface area contributed by atoms with Crippen molar-refractivity contribution < 1.29 is 14.7 Å². The van der Waals surface area contributed by atoms with Crippen LogP contribution in [0.3, 0.4) is 0 Å². The van der Waals surface area contributed by atoms with Crippen molar-refractivity contribution in [3.8, 4) is 11.1 Å². The summed E-state index contributed by atoms with van der Waals surface area (Å²) in [5.41, 5.74) is 12.0. The molecular weight excluding hydrogens is 461 g/mol. The Morgan fingerprint density at radius 2 is 1.85 bits per heavy atom. The van der Waals surface area contributed by atoms with Crippen molar-refractivity contribution in [2.24, 2.45) is 5.73 Å². The molecule has 4 N–H and O–H groups in total. The first-order valence-corrected chi connectivity index (χ1v) is 11.6. The summed E-state index contributed by atoms with van der Waals surface area (Å²) in [5.74, 6) is -1.37. The standard InChI is InChI=1S/C25H25Cl2N3O3/c1-2-21-23(14-3-5-15(6-4-14)25(32)33)18-12-30(13-22(18)29-21)24(31)17(9-10-28)16-7-8-19(26)20(27)11-16/h3-8,11,17,29H,2,9-10,12-13,28H2,1H3,(H,32,33). The summed E-state index contributed by atoms with van der Waals surface area (Å²) < 4.78 is 0. The molecule has 6 nitrogen and oxygen atoms in total. The number of amides is 1. The molecule has 0 aliphatic carbocycles. The minimum absolute atomic E-state index is 0.00587. The average molecular weight is 486 g/mol. The molecule has 1 aliphatic rings. The van der Waals surface area contributed by atoms with E-state index in [0.29, 0.717) is 36.1 Å². The lowest BCUT2D eigenvalue weighted by atomic mass is 9.94. The fourth-order valence-corrected chi connectivity index (χ4v) is 4.80. The molecule has 2 heterocycles. The molecule has 4 rings (SSSR count). The monoisotopic (exact) mass is 485 g/mol. The van der Waals surface area contributed by atoms with E-state index in [4.69, 9.17) is 28.9 Å². The first kappa shape index (κ1) is 23.4. The summed E-state index contributed by atoms with van der Waals surface area (Å²) in [6, 6.07) is 12.1. The molecule has 8 heteroatoms. The molecule has 1 unspecified atom stereocenters. The Morgan fingerprint density at radius 3 is 2.45 bits per heavy atom. The number of aromatic amines is 1. The Bertz CT molecular complexity index is 1200. The van der Waals surface area contributed by atoms with Crippen LogP contribution in [0.5, 0.6) is 0 Å². The number of H-pyrrole nitrogens is 1. The Morgan fingerprint density at radius 1 is 1.12 bits per heavy atom. The molecule has 1 atom stereocenters. The summed E-state index contributed by atoms with van der Waals surface area (Å²) in [7, 11) is 0. The molecule has 0 saturated heterocycles. The molecule has 3 aromatic rings. The predicted molar refractivity (Wildman–Crippen MR) is 130 cm³/mol. The smallest absolute Gasteiger partial charge is 0.335 e. The second-order valence-electron chi connectivity index (χ2n) is 8.17. The highest BCUT2D eigenvalue weighted by molar-refractivity contribution is 6.42. The molecule has 1 amide bonds. The van der Waals surface area contributed by atoms with Crippen molar-refractivity contribution in [3.05, 3.63) is 80.6 Å². The summed E-state index contributed by atoms with van der Waals surface area (Å²) in [6.45, 7) is 3.40. The van der Waals surface area contributed by atoms with Crippen LogP contribution in [0.2, 0.25) is 10.0 Å². The second kappa shape index (κ2) is 9.59. The number of carbonyl (C=O) groups excluding carboxylic acids is 1. The van der Waals surface area contributed by atoms with Crippen LogP contribution in [-0.2, 0) is 24.3 Å². The van der Waals surface area contributed by atoms with Gasteiger partial charge in [-0.3, -0.25) is 4.79 Å². The van der Waals surface area contributed by atoms with Gasteiger partial charge in [-0.15, -0.1) is 0 Å². The molecule has 1 aromatic heterocycles. The molecule has 0 radical (unpaired) electrons. The molecule has 0 saturated carbocycles. The highest BCUT2D eigenvalue weighted by atomic mass is 35.5. The number of aryl methyl sites for hydroxylation is 1. The van der Waals surface area contributed by atoms with Crippen molar-refractivity contribution in [1.82, 2.24) is 9.88 Å². The first-order chi connectivity index (χ1) is 15.8. The van der Waals surface area contributed by atoms with Crippen molar-refractivity contribution in [1.29, 1.82) is 0 Å². The third-order valence-corrected chi connectivity index (χ3v) is 6.89. The van der Waals surface area contributed by atoms with E-state index >= 15 is 0 Å². The van der Waals surface area contributed by atoms with Crippen LogP contribution in [0.4, 0.5) is 0 Å². The topological polar surface area (TPSA) is 99.4 Å². The minimum Gasteiger partial charge on any atom is -0.478 e. The third-order valence-electron chi connectivity index (χ3n) is 6.15. The van der Waals surface area contributed by atoms with Gasteiger partial charge in [0, 0.05) is 29.1 Å². The second-order valence-corrected chi connectivity index (χ2v) is 8.98. The van der Waals surface area contributed by atoms with Gasteiger partial charge < -0.3 is 20.7 Å². The van der Waals surface area contributed by atoms with Crippen molar-refractivity contribution in [2.75, 3.05) is 6.54 Å². The average Bonchev–Trinajstić information content (AvgIpc) is 3.36. The van der Waals surface area contributed by atoms with Crippen LogP contribution in [0, 0.1) is 0 Å². The summed E-state index contributed by atoms with van der Waals surface area (Å²) >= 11 is 12.3. The van der Waals surface area contributed by atoms with E-state index in [1.54, 1.807) is 24.3 Å². The number of hydrogen-bond acceptors (Lipinski definition) is 3. The van der Waals surface area contributed by atoms with E-state index < -0.39 is 11.9 Å². The third kappa shape index (κ3) is 4.51. The number of halogens is 2. The van der Waals surface area contributed by atoms with E-state index in [1.807, 2.05) is 23.1 Å². The van der Waals surface area contributed by atoms with Crippen molar-refractivity contribution in [3.63, 3.8) is 0 Å². The van der Waals surface area contributed by atoms with Gasteiger partial charge in [0.2, 0.25) is 5.91 Å². The zero-order chi connectivity index (χ0) is 23.7. The van der Waals surface area contributed by atoms with Gasteiger partial charge in [0.05, 0.1) is 28.1 Å². The lowest BCUT2D eigenvalue weighted by Gasteiger charge is -2.24. The number of carboxylic acids is 1. The Hall–Kier alpha value is -2.80. The number of rotatable bonds is 7. The summed E-state index contributed by atoms with van der Waals surface area (Å²) in [6.07, 6.45) is 1.31. The Balaban J connectivity index is 1.63. The van der Waals surface area contributed by atoms with Gasteiger partial charge in [-0.2, -0.15) is 0 Å². The fraction of sp³-hybridized carbons (Fsp3) is 0.280. The maximum absolute atomic E-state index is 13.5. The van der Waals surface area contributed by atoms with Gasteiger partial charge >= 0.3 is 5.97 Å². The van der Waals surface area contributed by atoms with Gasteiger partial charge in [-0.1, -0.05) is 48.3 Å². The number of nitrogens with two attached hydrogens (primary N) is 1. The largest absolute Gasteiger partial charge is 0.478 e. The lowest BCUT2D eigenvalue weighted by molar-refractivity contribution is -0.133. The van der Waals surface area contributed by atoms with E-state index in [0.717, 1.165) is 40.1 Å². The summed E-state index contributed by atoms with van der Waals surface area (Å²) in [4.78, 5) is 30.1. The van der Waals surface area contributed by atoms with E-state index in [1.165, 1.54) is 0 Å². The van der Waals surface area contributed by atoms with Crippen LogP contribution < -0.4 is 5.73 Å². The first-order valence-electron chi connectivity index (χ1n) is 10.8. The van der Waals surface area contributed by atoms with Crippen molar-refractivity contribution in [2.45, 2.75) is 38.8 Å². The number of benzene rings is 2. The zero-order valence-electron chi connectivity index (χ0n) is 18.2. The number of aromatic nitrogens is 1. The number of hydrogen-bond donors (Lipinski definition) is 3. The number of aromatic carboxylic acids is 1. The predicted octanol–water partition coefficient (Wildman–Crippen LogP) is 5.22. The van der Waals surface area contributed by atoms with E-state index in [2.05, 4.69) is 11.9 Å². The van der Waals surface area contributed by atoms with Gasteiger partial charge in [-0.25, -0.2) is 4.79 Å². The molecular formula is C25H25Cl2N3O3. The highest BCUT2D eigenvalue weighted by Crippen LogP contribution is 2.38. The van der Waals surface area contributed by atoms with Crippen LogP contribution in [-0.4, -0.2) is 33.4 Å². The molecule has 172 valence electrons. The van der Waals surface area contributed by atoms with Crippen molar-refractivity contribution >= 4 is 35.1 Å². The highest BCUT2D eigenvalue weighted by Gasteiger charge is 2.33. The lowest BCUT2D eigenvalue weighted by Crippen LogP contribution is -2.32. The van der Waals surface area contributed by atoms with Gasteiger partial charge in [0.15, 0.2) is 0 Å². The van der Waals surface area contributed by atoms with Gasteiger partial charge in [0.1, 0.15) is 0 Å². The normalized spacial score (nSPS) is 13.8. The number of fused-ring (bicyclic) bond motifs is 1. The summed E-state index contributed by atoms with van der Waals surface area (Å²) in [5, 5.41) is 10.1. The number of nitrogens with one attached hydrogen (secondary N) is 1. The Kier molecular flexibility index (Phi) is 6.79. The number of carbonyl (C=O) groups is 2. The van der Waals surface area contributed by atoms with Crippen LogP contribution in [0.15, 0.2) is 42.5 Å². The maximum atomic E-state index is 13.5. The van der Waals surface area contributed by atoms with Gasteiger partial charge in [0.25, 0.3) is 0 Å². The van der Waals surface area contributed by atoms with Crippen LogP contribution >= 0.6 is 23.2 Å². The van der Waals surface area contributed by atoms with Gasteiger partial charge in [-0.05, 0) is 54.8 Å². The molecule has 2 aromatic carbocycles. The van der Waals surface area contributed by atoms with Crippen LogP contribution in [0.1, 0.15) is 52.1 Å². The number of nitrogens with zero attached hydrogens (tertiary/aromatic N) is 1. The molecule has 0 spiro atoms. The number of carboxylic acid groups (broad SMARTS) is 1. The molecule has 1 aliphatic heterocycles. The molecule has 0 fully saturated rings. The Labute approximate surface area is 202 Å².